The summed E-state index contributed by atoms with van der Waals surface area (Å²) >= 11 is 0. The predicted molar refractivity (Wildman–Crippen MR) is 65.4 cm³/mol. The Balaban J connectivity index is 2.24. The molecule has 0 aliphatic heterocycles. The molecule has 1 unspecified atom stereocenters. The Hall–Kier alpha value is -0.870. The molecule has 0 spiro atoms. The lowest BCUT2D eigenvalue weighted by molar-refractivity contribution is 0.120. The first-order chi connectivity index (χ1) is 7.77. The molecular weight excluding hydrogens is 202 g/mol. The van der Waals surface area contributed by atoms with E-state index in [-0.39, 0.29) is 0 Å². The monoisotopic (exact) mass is 225 g/mol. The van der Waals surface area contributed by atoms with Crippen molar-refractivity contribution in [1.82, 2.24) is 15.1 Å². The van der Waals surface area contributed by atoms with Gasteiger partial charge < -0.3 is 10.1 Å². The third-order valence-electron chi connectivity index (χ3n) is 2.63. The first-order valence-corrected chi connectivity index (χ1v) is 6.10. The molecule has 1 atom stereocenters. The van der Waals surface area contributed by atoms with Crippen LogP contribution in [0.5, 0.6) is 0 Å². The topological polar surface area (TPSA) is 39.1 Å². The van der Waals surface area contributed by atoms with Gasteiger partial charge in [0, 0.05) is 18.8 Å². The van der Waals surface area contributed by atoms with Crippen LogP contribution in [0.1, 0.15) is 38.9 Å². The second-order valence-electron chi connectivity index (χ2n) is 3.95. The van der Waals surface area contributed by atoms with E-state index in [2.05, 4.69) is 31.2 Å². The minimum absolute atomic E-state index is 0.468. The molecule has 0 aliphatic rings. The van der Waals surface area contributed by atoms with E-state index in [1.807, 2.05) is 16.9 Å². The van der Waals surface area contributed by atoms with Crippen molar-refractivity contribution in [3.8, 4) is 0 Å². The largest absolute Gasteiger partial charge is 0.374 e. The number of aromatic nitrogens is 2. The number of rotatable bonds is 8. The van der Waals surface area contributed by atoms with E-state index in [1.54, 1.807) is 0 Å². The highest BCUT2D eigenvalue weighted by molar-refractivity contribution is 4.97. The molecule has 4 heteroatoms. The maximum atomic E-state index is 5.51. The molecule has 1 aromatic rings. The second-order valence-corrected chi connectivity index (χ2v) is 3.95. The van der Waals surface area contributed by atoms with Crippen molar-refractivity contribution in [3.05, 3.63) is 18.0 Å². The van der Waals surface area contributed by atoms with Gasteiger partial charge in [0.1, 0.15) is 0 Å². The summed E-state index contributed by atoms with van der Waals surface area (Å²) in [5.74, 6) is 0. The van der Waals surface area contributed by atoms with E-state index < -0.39 is 0 Å². The van der Waals surface area contributed by atoms with Gasteiger partial charge in [-0.05, 0) is 26.0 Å². The van der Waals surface area contributed by atoms with Gasteiger partial charge in [-0.1, -0.05) is 13.8 Å². The van der Waals surface area contributed by atoms with Crippen molar-refractivity contribution in [2.45, 2.75) is 39.8 Å². The smallest absolute Gasteiger partial charge is 0.0907 e. The van der Waals surface area contributed by atoms with E-state index in [4.69, 9.17) is 4.74 Å². The van der Waals surface area contributed by atoms with Crippen LogP contribution >= 0.6 is 0 Å². The summed E-state index contributed by atoms with van der Waals surface area (Å²) in [5.41, 5.74) is 1.01. The SMILES string of the molecule is CCNCCOCc1ccn(C(C)CC)n1. The van der Waals surface area contributed by atoms with E-state index in [1.165, 1.54) is 0 Å². The van der Waals surface area contributed by atoms with Crippen LogP contribution in [-0.2, 0) is 11.3 Å². The maximum absolute atomic E-state index is 5.51. The van der Waals surface area contributed by atoms with Crippen LogP contribution in [0.2, 0.25) is 0 Å². The third kappa shape index (κ3) is 4.33. The lowest BCUT2D eigenvalue weighted by Gasteiger charge is -2.08. The summed E-state index contributed by atoms with van der Waals surface area (Å²) in [4.78, 5) is 0. The van der Waals surface area contributed by atoms with Crippen LogP contribution in [0.3, 0.4) is 0 Å². The van der Waals surface area contributed by atoms with Gasteiger partial charge in [0.2, 0.25) is 0 Å². The normalized spacial score (nSPS) is 12.9. The quantitative estimate of drug-likeness (QED) is 0.688. The zero-order valence-corrected chi connectivity index (χ0v) is 10.6. The van der Waals surface area contributed by atoms with E-state index in [0.717, 1.165) is 31.8 Å². The molecule has 1 N–H and O–H groups in total. The van der Waals surface area contributed by atoms with Crippen molar-refractivity contribution in [2.24, 2.45) is 0 Å². The van der Waals surface area contributed by atoms with Gasteiger partial charge in [-0.3, -0.25) is 4.68 Å². The van der Waals surface area contributed by atoms with Crippen LogP contribution in [0, 0.1) is 0 Å². The van der Waals surface area contributed by atoms with Gasteiger partial charge >= 0.3 is 0 Å². The van der Waals surface area contributed by atoms with Crippen molar-refractivity contribution >= 4 is 0 Å². The molecule has 1 rings (SSSR count). The van der Waals surface area contributed by atoms with Crippen LogP contribution in [0.15, 0.2) is 12.3 Å². The Labute approximate surface area is 98.0 Å². The highest BCUT2D eigenvalue weighted by atomic mass is 16.5. The Morgan fingerprint density at radius 1 is 1.50 bits per heavy atom. The molecule has 0 radical (unpaired) electrons. The molecule has 0 bridgehead atoms. The minimum atomic E-state index is 0.468. The summed E-state index contributed by atoms with van der Waals surface area (Å²) in [7, 11) is 0. The minimum Gasteiger partial charge on any atom is -0.374 e. The Morgan fingerprint density at radius 3 is 3.00 bits per heavy atom. The summed E-state index contributed by atoms with van der Waals surface area (Å²) in [5, 5.41) is 7.69. The Morgan fingerprint density at radius 2 is 2.31 bits per heavy atom. The highest BCUT2D eigenvalue weighted by Crippen LogP contribution is 2.09. The summed E-state index contributed by atoms with van der Waals surface area (Å²) in [6.07, 6.45) is 3.12. The molecule has 0 amide bonds. The average molecular weight is 225 g/mol. The van der Waals surface area contributed by atoms with Gasteiger partial charge in [-0.2, -0.15) is 5.10 Å². The van der Waals surface area contributed by atoms with Gasteiger partial charge in [0.05, 0.1) is 18.9 Å². The fraction of sp³-hybridized carbons (Fsp3) is 0.750. The van der Waals surface area contributed by atoms with Gasteiger partial charge in [-0.25, -0.2) is 0 Å². The van der Waals surface area contributed by atoms with Crippen LogP contribution < -0.4 is 5.32 Å². The molecule has 0 aliphatic carbocycles. The molecule has 0 saturated heterocycles. The lowest BCUT2D eigenvalue weighted by Crippen LogP contribution is -2.18. The fourth-order valence-electron chi connectivity index (χ4n) is 1.38. The van der Waals surface area contributed by atoms with Crippen molar-refractivity contribution in [2.75, 3.05) is 19.7 Å². The number of nitrogens with one attached hydrogen (secondary N) is 1. The van der Waals surface area contributed by atoms with Crippen LogP contribution in [-0.4, -0.2) is 29.5 Å². The number of nitrogens with zero attached hydrogens (tertiary/aromatic N) is 2. The summed E-state index contributed by atoms with van der Waals surface area (Å²) < 4.78 is 7.51. The molecule has 0 saturated carbocycles. The molecule has 0 fully saturated rings. The van der Waals surface area contributed by atoms with Gasteiger partial charge in [0.15, 0.2) is 0 Å². The van der Waals surface area contributed by atoms with Crippen molar-refractivity contribution in [3.63, 3.8) is 0 Å². The highest BCUT2D eigenvalue weighted by Gasteiger charge is 2.04. The molecule has 1 aromatic heterocycles. The first kappa shape index (κ1) is 13.2. The average Bonchev–Trinajstić information content (AvgIpc) is 2.76. The van der Waals surface area contributed by atoms with Gasteiger partial charge in [0.25, 0.3) is 0 Å². The van der Waals surface area contributed by atoms with Crippen LogP contribution in [0.25, 0.3) is 0 Å². The zero-order chi connectivity index (χ0) is 11.8. The predicted octanol–water partition coefficient (Wildman–Crippen LogP) is 1.98. The second kappa shape index (κ2) is 7.41. The summed E-state index contributed by atoms with van der Waals surface area (Å²) in [6, 6.07) is 2.50. The molecule has 92 valence electrons. The molecule has 16 heavy (non-hydrogen) atoms. The molecular formula is C12H23N3O. The summed E-state index contributed by atoms with van der Waals surface area (Å²) in [6.45, 7) is 9.67. The number of likely N-dealkylation sites (N-methyl/N-ethyl adjacent to an activating group) is 1. The van der Waals surface area contributed by atoms with Crippen molar-refractivity contribution < 1.29 is 4.74 Å². The Kier molecular flexibility index (Phi) is 6.11. The number of hydrogen-bond acceptors (Lipinski definition) is 3. The van der Waals surface area contributed by atoms with Crippen molar-refractivity contribution in [1.29, 1.82) is 0 Å². The fourth-order valence-corrected chi connectivity index (χ4v) is 1.38. The zero-order valence-electron chi connectivity index (χ0n) is 10.6. The first-order valence-electron chi connectivity index (χ1n) is 6.10. The molecule has 0 aromatic carbocycles. The van der Waals surface area contributed by atoms with Crippen LogP contribution in [0.4, 0.5) is 0 Å². The number of hydrogen-bond donors (Lipinski definition) is 1. The van der Waals surface area contributed by atoms with Gasteiger partial charge in [-0.15, -0.1) is 0 Å². The molecule has 4 nitrogen and oxygen atoms in total. The number of ether oxygens (including phenoxy) is 1. The standard InChI is InChI=1S/C12H23N3O/c1-4-11(3)15-8-6-12(14-15)10-16-9-7-13-5-2/h6,8,11,13H,4-5,7,9-10H2,1-3H3. The molecule has 1 heterocycles. The Bertz CT molecular complexity index is 286. The lowest BCUT2D eigenvalue weighted by atomic mass is 10.3. The van der Waals surface area contributed by atoms with E-state index in [9.17, 15) is 0 Å². The van der Waals surface area contributed by atoms with E-state index >= 15 is 0 Å². The maximum Gasteiger partial charge on any atom is 0.0907 e. The van der Waals surface area contributed by atoms with E-state index in [0.29, 0.717) is 12.6 Å². The third-order valence-corrected chi connectivity index (χ3v) is 2.63.